The molecule has 0 unspecified atom stereocenters. The molecule has 0 aromatic heterocycles. The standard InChI is InChI=1S/C17H18BrFN2/c1-2-20-11-12-3-6-16(15(18)9-12)21-8-7-13-4-5-14(19)10-17(13)21/h3-6,9-10,20H,2,7-8,11H2,1H3. The van der Waals surface area contributed by atoms with Crippen molar-refractivity contribution < 1.29 is 4.39 Å². The van der Waals surface area contributed by atoms with E-state index in [-0.39, 0.29) is 5.82 Å². The first kappa shape index (κ1) is 14.5. The van der Waals surface area contributed by atoms with E-state index in [0.29, 0.717) is 0 Å². The monoisotopic (exact) mass is 348 g/mol. The summed E-state index contributed by atoms with van der Waals surface area (Å²) in [6.07, 6.45) is 0.960. The molecule has 0 spiro atoms. The summed E-state index contributed by atoms with van der Waals surface area (Å²) in [6.45, 7) is 4.81. The molecule has 4 heteroatoms. The molecule has 0 atom stereocenters. The van der Waals surface area contributed by atoms with Crippen molar-refractivity contribution in [3.63, 3.8) is 0 Å². The third-order valence-electron chi connectivity index (χ3n) is 3.82. The van der Waals surface area contributed by atoms with Crippen LogP contribution in [0.4, 0.5) is 15.8 Å². The van der Waals surface area contributed by atoms with E-state index in [4.69, 9.17) is 0 Å². The summed E-state index contributed by atoms with van der Waals surface area (Å²) in [5.74, 6) is -0.180. The van der Waals surface area contributed by atoms with E-state index >= 15 is 0 Å². The van der Waals surface area contributed by atoms with Gasteiger partial charge in [-0.3, -0.25) is 0 Å². The average Bonchev–Trinajstić information content (AvgIpc) is 2.88. The Kier molecular flexibility index (Phi) is 4.27. The summed E-state index contributed by atoms with van der Waals surface area (Å²) >= 11 is 3.66. The molecule has 0 bridgehead atoms. The van der Waals surface area contributed by atoms with Crippen LogP contribution in [0.3, 0.4) is 0 Å². The van der Waals surface area contributed by atoms with Gasteiger partial charge in [0, 0.05) is 23.2 Å². The Labute approximate surface area is 133 Å². The molecule has 0 radical (unpaired) electrons. The van der Waals surface area contributed by atoms with Crippen LogP contribution in [-0.2, 0) is 13.0 Å². The molecular weight excluding hydrogens is 331 g/mol. The topological polar surface area (TPSA) is 15.3 Å². The quantitative estimate of drug-likeness (QED) is 0.881. The molecule has 2 aromatic rings. The zero-order valence-electron chi connectivity index (χ0n) is 12.0. The number of benzene rings is 2. The largest absolute Gasteiger partial charge is 0.340 e. The minimum atomic E-state index is -0.180. The van der Waals surface area contributed by atoms with Gasteiger partial charge in [0.05, 0.1) is 5.69 Å². The van der Waals surface area contributed by atoms with E-state index in [9.17, 15) is 4.39 Å². The van der Waals surface area contributed by atoms with E-state index in [2.05, 4.69) is 51.3 Å². The third kappa shape index (κ3) is 2.97. The fourth-order valence-electron chi connectivity index (χ4n) is 2.75. The molecule has 0 fully saturated rings. The van der Waals surface area contributed by atoms with Gasteiger partial charge in [-0.25, -0.2) is 4.39 Å². The van der Waals surface area contributed by atoms with Gasteiger partial charge in [0.2, 0.25) is 0 Å². The fourth-order valence-corrected chi connectivity index (χ4v) is 3.39. The molecule has 1 heterocycles. The highest BCUT2D eigenvalue weighted by Gasteiger charge is 2.22. The van der Waals surface area contributed by atoms with Crippen molar-refractivity contribution in [2.75, 3.05) is 18.0 Å². The molecule has 21 heavy (non-hydrogen) atoms. The first-order valence-electron chi connectivity index (χ1n) is 7.24. The maximum Gasteiger partial charge on any atom is 0.125 e. The number of halogens is 2. The highest BCUT2D eigenvalue weighted by Crippen LogP contribution is 2.38. The molecule has 110 valence electrons. The molecule has 0 saturated carbocycles. The van der Waals surface area contributed by atoms with Gasteiger partial charge < -0.3 is 10.2 Å². The van der Waals surface area contributed by atoms with Crippen molar-refractivity contribution in [2.24, 2.45) is 0 Å². The Morgan fingerprint density at radius 1 is 1.19 bits per heavy atom. The Morgan fingerprint density at radius 3 is 2.81 bits per heavy atom. The van der Waals surface area contributed by atoms with E-state index in [1.807, 2.05) is 6.07 Å². The average molecular weight is 349 g/mol. The smallest absolute Gasteiger partial charge is 0.125 e. The predicted molar refractivity (Wildman–Crippen MR) is 88.6 cm³/mol. The van der Waals surface area contributed by atoms with E-state index < -0.39 is 0 Å². The van der Waals surface area contributed by atoms with Gasteiger partial charge in [0.15, 0.2) is 0 Å². The molecule has 2 nitrogen and oxygen atoms in total. The summed E-state index contributed by atoms with van der Waals surface area (Å²) in [6, 6.07) is 11.4. The number of anilines is 2. The first-order valence-corrected chi connectivity index (χ1v) is 8.03. The van der Waals surface area contributed by atoms with Crippen LogP contribution in [0.15, 0.2) is 40.9 Å². The van der Waals surface area contributed by atoms with Gasteiger partial charge in [0.25, 0.3) is 0 Å². The maximum absolute atomic E-state index is 13.5. The van der Waals surface area contributed by atoms with Gasteiger partial charge in [-0.1, -0.05) is 19.1 Å². The number of hydrogen-bond acceptors (Lipinski definition) is 2. The molecule has 1 aliphatic heterocycles. The highest BCUT2D eigenvalue weighted by molar-refractivity contribution is 9.10. The van der Waals surface area contributed by atoms with Gasteiger partial charge in [0.1, 0.15) is 5.82 Å². The van der Waals surface area contributed by atoms with Crippen LogP contribution in [-0.4, -0.2) is 13.1 Å². The van der Waals surface area contributed by atoms with E-state index in [0.717, 1.165) is 41.9 Å². The van der Waals surface area contributed by atoms with Crippen LogP contribution >= 0.6 is 15.9 Å². The minimum Gasteiger partial charge on any atom is -0.340 e. The van der Waals surface area contributed by atoms with Crippen LogP contribution in [0.1, 0.15) is 18.1 Å². The Bertz CT molecular complexity index is 657. The molecule has 2 aromatic carbocycles. The molecule has 1 N–H and O–H groups in total. The summed E-state index contributed by atoms with van der Waals surface area (Å²) in [5, 5.41) is 3.32. The summed E-state index contributed by atoms with van der Waals surface area (Å²) in [7, 11) is 0. The predicted octanol–water partition coefficient (Wildman–Crippen LogP) is 4.39. The van der Waals surface area contributed by atoms with E-state index in [1.54, 1.807) is 6.07 Å². The van der Waals surface area contributed by atoms with Crippen molar-refractivity contribution >= 4 is 27.3 Å². The van der Waals surface area contributed by atoms with Crippen LogP contribution in [0.5, 0.6) is 0 Å². The van der Waals surface area contributed by atoms with Crippen molar-refractivity contribution in [1.29, 1.82) is 0 Å². The van der Waals surface area contributed by atoms with Gasteiger partial charge >= 0.3 is 0 Å². The zero-order valence-corrected chi connectivity index (χ0v) is 13.6. The van der Waals surface area contributed by atoms with Crippen molar-refractivity contribution in [2.45, 2.75) is 19.9 Å². The highest BCUT2D eigenvalue weighted by atomic mass is 79.9. The SMILES string of the molecule is CCNCc1ccc(N2CCc3ccc(F)cc32)c(Br)c1. The normalized spacial score (nSPS) is 13.6. The van der Waals surface area contributed by atoms with Gasteiger partial charge in [-0.2, -0.15) is 0 Å². The number of nitrogens with zero attached hydrogens (tertiary/aromatic N) is 1. The molecular formula is C17H18BrFN2. The second-order valence-corrected chi connectivity index (χ2v) is 6.10. The molecule has 0 saturated heterocycles. The minimum absolute atomic E-state index is 0.180. The van der Waals surface area contributed by atoms with E-state index in [1.165, 1.54) is 17.2 Å². The Hall–Kier alpha value is -1.39. The molecule has 0 aliphatic carbocycles. The fraction of sp³-hybridized carbons (Fsp3) is 0.294. The Morgan fingerprint density at radius 2 is 2.05 bits per heavy atom. The second kappa shape index (κ2) is 6.16. The molecule has 3 rings (SSSR count). The third-order valence-corrected chi connectivity index (χ3v) is 4.46. The summed E-state index contributed by atoms with van der Waals surface area (Å²) < 4.78 is 14.6. The molecule has 0 amide bonds. The second-order valence-electron chi connectivity index (χ2n) is 5.24. The molecule has 1 aliphatic rings. The Balaban J connectivity index is 1.91. The number of fused-ring (bicyclic) bond motifs is 1. The lowest BCUT2D eigenvalue weighted by Gasteiger charge is -2.21. The van der Waals surface area contributed by atoms with Crippen LogP contribution < -0.4 is 10.2 Å². The lowest BCUT2D eigenvalue weighted by atomic mass is 10.1. The zero-order chi connectivity index (χ0) is 14.8. The number of nitrogens with one attached hydrogen (secondary N) is 1. The first-order chi connectivity index (χ1) is 10.2. The van der Waals surface area contributed by atoms with Crippen LogP contribution in [0.2, 0.25) is 0 Å². The lowest BCUT2D eigenvalue weighted by molar-refractivity contribution is 0.628. The lowest BCUT2D eigenvalue weighted by Crippen LogP contribution is -2.15. The number of hydrogen-bond donors (Lipinski definition) is 1. The van der Waals surface area contributed by atoms with Crippen molar-refractivity contribution in [1.82, 2.24) is 5.32 Å². The number of rotatable bonds is 4. The van der Waals surface area contributed by atoms with Crippen LogP contribution in [0.25, 0.3) is 0 Å². The summed E-state index contributed by atoms with van der Waals surface area (Å²) in [4.78, 5) is 2.18. The summed E-state index contributed by atoms with van der Waals surface area (Å²) in [5.41, 5.74) is 4.53. The van der Waals surface area contributed by atoms with Crippen LogP contribution in [0, 0.1) is 5.82 Å². The van der Waals surface area contributed by atoms with Gasteiger partial charge in [-0.05, 0) is 64.3 Å². The van der Waals surface area contributed by atoms with Crippen molar-refractivity contribution in [3.8, 4) is 0 Å². The van der Waals surface area contributed by atoms with Gasteiger partial charge in [-0.15, -0.1) is 0 Å². The maximum atomic E-state index is 13.5. The van der Waals surface area contributed by atoms with Crippen molar-refractivity contribution in [3.05, 3.63) is 57.8 Å².